The minimum absolute atomic E-state index is 0.134. The van der Waals surface area contributed by atoms with E-state index in [1.165, 1.54) is 6.92 Å². The van der Waals surface area contributed by atoms with Gasteiger partial charge in [-0.1, -0.05) is 6.07 Å². The monoisotopic (exact) mass is 289 g/mol. The number of hydrogen-bond donors (Lipinski definition) is 2. The van der Waals surface area contributed by atoms with Crippen LogP contribution in [0.15, 0.2) is 28.8 Å². The molecule has 0 saturated carbocycles. The number of unbranched alkanes of at least 4 members (excludes halogenated alkanes) is 1. The SMILES string of the molecule is CC(=O)N[C@@H](CCCCN)c1nnc(-c2ccccn2)o1. The fourth-order valence-electron chi connectivity index (χ4n) is 1.96. The summed E-state index contributed by atoms with van der Waals surface area (Å²) in [5, 5.41) is 10.8. The third-order valence-electron chi connectivity index (χ3n) is 2.95. The Morgan fingerprint density at radius 3 is 2.90 bits per heavy atom. The van der Waals surface area contributed by atoms with Gasteiger partial charge in [0.1, 0.15) is 11.7 Å². The molecule has 2 aromatic rings. The zero-order chi connectivity index (χ0) is 15.1. The molecule has 3 N–H and O–H groups in total. The molecule has 1 atom stereocenters. The third kappa shape index (κ3) is 4.35. The molecule has 21 heavy (non-hydrogen) atoms. The van der Waals surface area contributed by atoms with E-state index in [1.54, 1.807) is 12.3 Å². The second-order valence-electron chi connectivity index (χ2n) is 4.70. The molecule has 0 aliphatic carbocycles. The Kier molecular flexibility index (Phi) is 5.39. The maximum atomic E-state index is 11.3. The fourth-order valence-corrected chi connectivity index (χ4v) is 1.96. The Hall–Kier alpha value is -2.28. The summed E-state index contributed by atoms with van der Waals surface area (Å²) < 4.78 is 5.63. The first-order chi connectivity index (χ1) is 10.2. The second kappa shape index (κ2) is 7.49. The molecule has 7 nitrogen and oxygen atoms in total. The van der Waals surface area contributed by atoms with Crippen LogP contribution < -0.4 is 11.1 Å². The highest BCUT2D eigenvalue weighted by atomic mass is 16.4. The highest BCUT2D eigenvalue weighted by Crippen LogP contribution is 2.22. The van der Waals surface area contributed by atoms with E-state index in [2.05, 4.69) is 20.5 Å². The highest BCUT2D eigenvalue weighted by Gasteiger charge is 2.20. The number of carbonyl (C=O) groups excluding carboxylic acids is 1. The molecule has 2 heterocycles. The number of nitrogens with two attached hydrogens (primary N) is 1. The number of amides is 1. The van der Waals surface area contributed by atoms with Crippen LogP contribution >= 0.6 is 0 Å². The lowest BCUT2D eigenvalue weighted by molar-refractivity contribution is -0.119. The van der Waals surface area contributed by atoms with Crippen molar-refractivity contribution in [2.75, 3.05) is 6.54 Å². The van der Waals surface area contributed by atoms with Gasteiger partial charge in [0.25, 0.3) is 5.89 Å². The molecule has 2 rings (SSSR count). The molecule has 0 radical (unpaired) electrons. The van der Waals surface area contributed by atoms with Crippen molar-refractivity contribution in [1.82, 2.24) is 20.5 Å². The first kappa shape index (κ1) is 15.1. The molecule has 0 fully saturated rings. The zero-order valence-corrected chi connectivity index (χ0v) is 12.0. The van der Waals surface area contributed by atoms with Gasteiger partial charge in [-0.25, -0.2) is 0 Å². The molecule has 0 aromatic carbocycles. The fraction of sp³-hybridized carbons (Fsp3) is 0.429. The van der Waals surface area contributed by atoms with Crippen LogP contribution in [0.25, 0.3) is 11.6 Å². The molecular weight excluding hydrogens is 270 g/mol. The normalized spacial score (nSPS) is 12.1. The number of carbonyl (C=O) groups is 1. The molecule has 1 amide bonds. The van der Waals surface area contributed by atoms with E-state index in [1.807, 2.05) is 12.1 Å². The van der Waals surface area contributed by atoms with Gasteiger partial charge in [-0.2, -0.15) is 0 Å². The Morgan fingerprint density at radius 1 is 1.38 bits per heavy atom. The lowest BCUT2D eigenvalue weighted by atomic mass is 10.1. The molecule has 0 spiro atoms. The Morgan fingerprint density at radius 2 is 2.24 bits per heavy atom. The van der Waals surface area contributed by atoms with Crippen molar-refractivity contribution in [2.45, 2.75) is 32.2 Å². The summed E-state index contributed by atoms with van der Waals surface area (Å²) in [5.74, 6) is 0.605. The van der Waals surface area contributed by atoms with E-state index in [-0.39, 0.29) is 11.9 Å². The van der Waals surface area contributed by atoms with Gasteiger partial charge in [0.15, 0.2) is 0 Å². The summed E-state index contributed by atoms with van der Waals surface area (Å²) in [6.45, 7) is 2.09. The van der Waals surface area contributed by atoms with Gasteiger partial charge < -0.3 is 15.5 Å². The number of nitrogens with one attached hydrogen (secondary N) is 1. The van der Waals surface area contributed by atoms with Crippen LogP contribution in [0.3, 0.4) is 0 Å². The first-order valence-electron chi connectivity index (χ1n) is 6.92. The molecule has 0 saturated heterocycles. The lowest BCUT2D eigenvalue weighted by Crippen LogP contribution is -2.26. The van der Waals surface area contributed by atoms with Crippen molar-refractivity contribution in [2.24, 2.45) is 5.73 Å². The van der Waals surface area contributed by atoms with Crippen LogP contribution in [0.4, 0.5) is 0 Å². The summed E-state index contributed by atoms with van der Waals surface area (Å²) in [7, 11) is 0. The van der Waals surface area contributed by atoms with Gasteiger partial charge >= 0.3 is 0 Å². The standard InChI is InChI=1S/C14H19N5O2/c1-10(20)17-12(7-2-4-8-15)14-19-18-13(21-14)11-6-3-5-9-16-11/h3,5-6,9,12H,2,4,7-8,15H2,1H3,(H,17,20)/t12-/m0/s1. The number of hydrogen-bond acceptors (Lipinski definition) is 6. The Balaban J connectivity index is 2.12. The topological polar surface area (TPSA) is 107 Å². The first-order valence-corrected chi connectivity index (χ1v) is 6.92. The van der Waals surface area contributed by atoms with E-state index < -0.39 is 0 Å². The minimum atomic E-state index is -0.293. The summed E-state index contributed by atoms with van der Waals surface area (Å²) in [6.07, 6.45) is 4.13. The van der Waals surface area contributed by atoms with Gasteiger partial charge in [-0.05, 0) is 37.9 Å². The van der Waals surface area contributed by atoms with E-state index in [0.717, 1.165) is 12.8 Å². The van der Waals surface area contributed by atoms with E-state index in [0.29, 0.717) is 30.4 Å². The smallest absolute Gasteiger partial charge is 0.266 e. The van der Waals surface area contributed by atoms with Gasteiger partial charge in [-0.15, -0.1) is 10.2 Å². The number of rotatable bonds is 7. The third-order valence-corrected chi connectivity index (χ3v) is 2.95. The average molecular weight is 289 g/mol. The number of pyridine rings is 1. The van der Waals surface area contributed by atoms with Crippen LogP contribution in [0.2, 0.25) is 0 Å². The maximum Gasteiger partial charge on any atom is 0.266 e. The van der Waals surface area contributed by atoms with Crippen molar-refractivity contribution < 1.29 is 9.21 Å². The lowest BCUT2D eigenvalue weighted by Gasteiger charge is -2.13. The van der Waals surface area contributed by atoms with Crippen molar-refractivity contribution in [3.8, 4) is 11.6 Å². The van der Waals surface area contributed by atoms with E-state index in [4.69, 9.17) is 10.2 Å². The van der Waals surface area contributed by atoms with Crippen molar-refractivity contribution in [3.63, 3.8) is 0 Å². The molecule has 112 valence electrons. The van der Waals surface area contributed by atoms with Gasteiger partial charge in [0, 0.05) is 13.1 Å². The van der Waals surface area contributed by atoms with Crippen LogP contribution in [-0.2, 0) is 4.79 Å². The predicted octanol–water partition coefficient (Wildman–Crippen LogP) is 1.44. The molecular formula is C14H19N5O2. The maximum absolute atomic E-state index is 11.3. The molecule has 2 aromatic heterocycles. The summed E-state index contributed by atoms with van der Waals surface area (Å²) >= 11 is 0. The Bertz CT molecular complexity index is 570. The summed E-state index contributed by atoms with van der Waals surface area (Å²) in [6, 6.07) is 5.16. The summed E-state index contributed by atoms with van der Waals surface area (Å²) in [5.41, 5.74) is 6.10. The molecule has 0 unspecified atom stereocenters. The van der Waals surface area contributed by atoms with Crippen molar-refractivity contribution in [1.29, 1.82) is 0 Å². The quantitative estimate of drug-likeness (QED) is 0.747. The van der Waals surface area contributed by atoms with Gasteiger partial charge in [-0.3, -0.25) is 9.78 Å². The zero-order valence-electron chi connectivity index (χ0n) is 12.0. The van der Waals surface area contributed by atoms with Gasteiger partial charge in [0.05, 0.1) is 0 Å². The van der Waals surface area contributed by atoms with Crippen LogP contribution in [-0.4, -0.2) is 27.6 Å². The summed E-state index contributed by atoms with van der Waals surface area (Å²) in [4.78, 5) is 15.5. The number of aromatic nitrogens is 3. The number of nitrogens with zero attached hydrogens (tertiary/aromatic N) is 3. The predicted molar refractivity (Wildman–Crippen MR) is 77.0 cm³/mol. The Labute approximate surface area is 123 Å². The molecule has 0 aliphatic heterocycles. The van der Waals surface area contributed by atoms with Crippen molar-refractivity contribution >= 4 is 5.91 Å². The van der Waals surface area contributed by atoms with Crippen LogP contribution in [0.1, 0.15) is 38.1 Å². The van der Waals surface area contributed by atoms with Gasteiger partial charge in [0.2, 0.25) is 11.8 Å². The second-order valence-corrected chi connectivity index (χ2v) is 4.70. The largest absolute Gasteiger partial charge is 0.417 e. The van der Waals surface area contributed by atoms with Crippen molar-refractivity contribution in [3.05, 3.63) is 30.3 Å². The minimum Gasteiger partial charge on any atom is -0.417 e. The molecule has 7 heteroatoms. The van der Waals surface area contributed by atoms with Crippen LogP contribution in [0, 0.1) is 0 Å². The molecule has 0 bridgehead atoms. The average Bonchev–Trinajstić information content (AvgIpc) is 2.97. The van der Waals surface area contributed by atoms with Crippen LogP contribution in [0.5, 0.6) is 0 Å². The molecule has 0 aliphatic rings. The van der Waals surface area contributed by atoms with E-state index in [9.17, 15) is 4.79 Å². The van der Waals surface area contributed by atoms with E-state index >= 15 is 0 Å². The highest BCUT2D eigenvalue weighted by molar-refractivity contribution is 5.73.